The highest BCUT2D eigenvalue weighted by Gasteiger charge is 2.45. The largest absolute Gasteiger partial charge is 0.345 e. The molecule has 2 heterocycles. The van der Waals surface area contributed by atoms with Gasteiger partial charge in [-0.05, 0) is 60.2 Å². The molecule has 2 amide bonds. The number of rotatable bonds is 5. The van der Waals surface area contributed by atoms with Crippen molar-refractivity contribution in [1.82, 2.24) is 15.1 Å². The Hall–Kier alpha value is -4.21. The van der Waals surface area contributed by atoms with Crippen molar-refractivity contribution in [2.24, 2.45) is 0 Å². The van der Waals surface area contributed by atoms with Gasteiger partial charge in [0.15, 0.2) is 0 Å². The Labute approximate surface area is 203 Å². The summed E-state index contributed by atoms with van der Waals surface area (Å²) in [5.41, 5.74) is 2.11. The van der Waals surface area contributed by atoms with Crippen LogP contribution in [0.2, 0.25) is 0 Å². The lowest BCUT2D eigenvalue weighted by molar-refractivity contribution is -0.143. The van der Waals surface area contributed by atoms with E-state index in [0.29, 0.717) is 34.8 Å². The first-order valence-electron chi connectivity index (χ1n) is 11.1. The minimum atomic E-state index is -3.64. The fourth-order valence-electron chi connectivity index (χ4n) is 4.49. The van der Waals surface area contributed by atoms with Gasteiger partial charge in [-0.15, -0.1) is 0 Å². The number of hydrogen-bond acceptors (Lipinski definition) is 3. The predicted molar refractivity (Wildman–Crippen MR) is 125 cm³/mol. The maximum Gasteiger partial charge on any atom is 0.321 e. The fraction of sp³-hybridized carbons (Fsp3) is 0.192. The number of halogens is 4. The van der Waals surface area contributed by atoms with Crippen molar-refractivity contribution < 1.29 is 27.2 Å². The van der Waals surface area contributed by atoms with Crippen LogP contribution >= 0.6 is 0 Å². The van der Waals surface area contributed by atoms with Gasteiger partial charge in [-0.1, -0.05) is 12.1 Å². The summed E-state index contributed by atoms with van der Waals surface area (Å²) in [5, 5.41) is 7.28. The van der Waals surface area contributed by atoms with E-state index < -0.39 is 35.6 Å². The van der Waals surface area contributed by atoms with Crippen molar-refractivity contribution in [2.75, 3.05) is 4.90 Å². The number of benzene rings is 3. The SMILES string of the molecule is CC(F)(F)C(=O)N[C@H]1CC(=O)N(c2ccc3c(cnn3-c3ccc(F)cc3)c2)C1c1cccc(F)c1. The zero-order valence-corrected chi connectivity index (χ0v) is 19.0. The van der Waals surface area contributed by atoms with Gasteiger partial charge in [-0.2, -0.15) is 13.9 Å². The molecule has 0 bridgehead atoms. The van der Waals surface area contributed by atoms with Crippen LogP contribution in [-0.4, -0.2) is 33.6 Å². The average Bonchev–Trinajstić information content (AvgIpc) is 3.39. The van der Waals surface area contributed by atoms with Crippen LogP contribution in [-0.2, 0) is 9.59 Å². The highest BCUT2D eigenvalue weighted by molar-refractivity contribution is 6.00. The molecule has 1 saturated heterocycles. The number of amides is 2. The van der Waals surface area contributed by atoms with E-state index in [9.17, 15) is 27.2 Å². The summed E-state index contributed by atoms with van der Waals surface area (Å²) in [6.07, 6.45) is 1.34. The van der Waals surface area contributed by atoms with E-state index in [1.807, 2.05) is 0 Å². The van der Waals surface area contributed by atoms with E-state index in [-0.39, 0.29) is 12.2 Å². The zero-order chi connectivity index (χ0) is 25.6. The first kappa shape index (κ1) is 23.5. The molecule has 6 nitrogen and oxygen atoms in total. The first-order valence-corrected chi connectivity index (χ1v) is 11.1. The molecule has 1 fully saturated rings. The maximum absolute atomic E-state index is 14.1. The predicted octanol–water partition coefficient (Wildman–Crippen LogP) is 4.92. The van der Waals surface area contributed by atoms with Gasteiger partial charge in [0.1, 0.15) is 11.6 Å². The van der Waals surface area contributed by atoms with Crippen LogP contribution in [0.5, 0.6) is 0 Å². The van der Waals surface area contributed by atoms with Gasteiger partial charge in [0.05, 0.1) is 29.5 Å². The lowest BCUT2D eigenvalue weighted by atomic mass is 9.99. The lowest BCUT2D eigenvalue weighted by Crippen LogP contribution is -2.46. The van der Waals surface area contributed by atoms with Crippen LogP contribution in [0.25, 0.3) is 16.6 Å². The van der Waals surface area contributed by atoms with Gasteiger partial charge in [0.2, 0.25) is 5.91 Å². The first-order chi connectivity index (χ1) is 17.1. The third-order valence-corrected chi connectivity index (χ3v) is 6.13. The normalized spacial score (nSPS) is 18.1. The van der Waals surface area contributed by atoms with E-state index in [2.05, 4.69) is 10.4 Å². The molecule has 1 aromatic heterocycles. The third-order valence-electron chi connectivity index (χ3n) is 6.13. The molecule has 10 heteroatoms. The number of hydrogen-bond donors (Lipinski definition) is 1. The second-order valence-electron chi connectivity index (χ2n) is 8.71. The van der Waals surface area contributed by atoms with E-state index in [1.54, 1.807) is 47.3 Å². The highest BCUT2D eigenvalue weighted by Crippen LogP contribution is 2.39. The number of nitrogens with zero attached hydrogens (tertiary/aromatic N) is 3. The number of fused-ring (bicyclic) bond motifs is 1. The molecular formula is C26H20F4N4O2. The van der Waals surface area contributed by atoms with Gasteiger partial charge in [0.25, 0.3) is 5.91 Å². The Bertz CT molecular complexity index is 1460. The van der Waals surface area contributed by atoms with Crippen LogP contribution in [0, 0.1) is 11.6 Å². The number of alkyl halides is 2. The summed E-state index contributed by atoms with van der Waals surface area (Å²) in [6.45, 7) is 0.473. The topological polar surface area (TPSA) is 67.2 Å². The summed E-state index contributed by atoms with van der Waals surface area (Å²) in [4.78, 5) is 26.5. The van der Waals surface area contributed by atoms with E-state index >= 15 is 0 Å². The molecule has 4 aromatic rings. The summed E-state index contributed by atoms with van der Waals surface area (Å²) >= 11 is 0. The number of carbonyl (C=O) groups is 2. The van der Waals surface area contributed by atoms with Crippen molar-refractivity contribution in [3.63, 3.8) is 0 Å². The summed E-state index contributed by atoms with van der Waals surface area (Å²) in [5.74, 6) is -6.51. The summed E-state index contributed by atoms with van der Waals surface area (Å²) in [7, 11) is 0. The van der Waals surface area contributed by atoms with E-state index in [0.717, 1.165) is 0 Å². The molecule has 1 unspecified atom stereocenters. The fourth-order valence-corrected chi connectivity index (χ4v) is 4.49. The van der Waals surface area contributed by atoms with E-state index in [1.165, 1.54) is 35.2 Å². The summed E-state index contributed by atoms with van der Waals surface area (Å²) < 4.78 is 56.3. The van der Waals surface area contributed by atoms with Crippen molar-refractivity contribution in [2.45, 2.75) is 31.4 Å². The Kier molecular flexibility index (Phi) is 5.74. The Morgan fingerprint density at radius 1 is 1.00 bits per heavy atom. The minimum Gasteiger partial charge on any atom is -0.345 e. The van der Waals surface area contributed by atoms with Crippen molar-refractivity contribution in [3.05, 3.63) is 90.1 Å². The molecule has 0 spiro atoms. The zero-order valence-electron chi connectivity index (χ0n) is 19.0. The van der Waals surface area contributed by atoms with Gasteiger partial charge >= 0.3 is 5.92 Å². The Balaban J connectivity index is 1.55. The molecule has 1 aliphatic heterocycles. The maximum atomic E-state index is 14.1. The number of aromatic nitrogens is 2. The van der Waals surface area contributed by atoms with E-state index in [4.69, 9.17) is 0 Å². The molecule has 5 rings (SSSR count). The summed E-state index contributed by atoms with van der Waals surface area (Å²) in [6, 6.07) is 14.4. The lowest BCUT2D eigenvalue weighted by Gasteiger charge is -2.29. The van der Waals surface area contributed by atoms with Crippen molar-refractivity contribution in [3.8, 4) is 5.69 Å². The quantitative estimate of drug-likeness (QED) is 0.399. The van der Waals surface area contributed by atoms with Gasteiger partial charge in [0, 0.05) is 24.4 Å². The Morgan fingerprint density at radius 3 is 2.42 bits per heavy atom. The Morgan fingerprint density at radius 2 is 1.72 bits per heavy atom. The minimum absolute atomic E-state index is 0.240. The molecule has 0 aliphatic carbocycles. The molecule has 36 heavy (non-hydrogen) atoms. The molecule has 3 aromatic carbocycles. The van der Waals surface area contributed by atoms with Crippen LogP contribution in [0.1, 0.15) is 24.9 Å². The molecule has 1 N–H and O–H groups in total. The second-order valence-corrected chi connectivity index (χ2v) is 8.71. The number of carbonyl (C=O) groups excluding carboxylic acids is 2. The third kappa shape index (κ3) is 4.30. The molecule has 0 radical (unpaired) electrons. The van der Waals surface area contributed by atoms with Crippen LogP contribution in [0.4, 0.5) is 23.2 Å². The molecule has 0 saturated carbocycles. The highest BCUT2D eigenvalue weighted by atomic mass is 19.3. The van der Waals surface area contributed by atoms with Crippen LogP contribution in [0.15, 0.2) is 72.9 Å². The monoisotopic (exact) mass is 496 g/mol. The van der Waals surface area contributed by atoms with Gasteiger partial charge < -0.3 is 10.2 Å². The standard InChI is InChI=1S/C26H20F4N4O2/c1-26(29,30)25(36)32-21-13-23(35)33(24(21)15-3-2-4-18(28)11-15)20-9-10-22-16(12-20)14-31-34(22)19-7-5-17(27)6-8-19/h2-12,14,21,24H,13H2,1H3,(H,32,36)/t21-,24?/m0/s1. The van der Waals surface area contributed by atoms with Crippen LogP contribution < -0.4 is 10.2 Å². The molecule has 1 aliphatic rings. The van der Waals surface area contributed by atoms with Crippen molar-refractivity contribution >= 4 is 28.4 Å². The van der Waals surface area contributed by atoms with Crippen LogP contribution in [0.3, 0.4) is 0 Å². The molecular weight excluding hydrogens is 476 g/mol. The van der Waals surface area contributed by atoms with Gasteiger partial charge in [-0.25, -0.2) is 13.5 Å². The number of anilines is 1. The smallest absolute Gasteiger partial charge is 0.321 e. The number of nitrogens with one attached hydrogen (secondary N) is 1. The molecule has 184 valence electrons. The second kappa shape index (κ2) is 8.78. The van der Waals surface area contributed by atoms with Gasteiger partial charge in [-0.3, -0.25) is 9.59 Å². The van der Waals surface area contributed by atoms with Crippen molar-refractivity contribution in [1.29, 1.82) is 0 Å². The average molecular weight is 496 g/mol. The molecule has 2 atom stereocenters.